The maximum atomic E-state index is 12.7. The summed E-state index contributed by atoms with van der Waals surface area (Å²) >= 11 is 0. The summed E-state index contributed by atoms with van der Waals surface area (Å²) in [4.78, 5) is 10.7. The lowest BCUT2D eigenvalue weighted by Crippen LogP contribution is -2.49. The number of hydrogen-bond acceptors (Lipinski definition) is 6. The molecule has 1 aliphatic rings. The lowest BCUT2D eigenvalue weighted by molar-refractivity contribution is 0.383. The highest BCUT2D eigenvalue weighted by molar-refractivity contribution is 7.88. The fraction of sp³-hybridized carbons (Fsp3) is 0.316. The highest BCUT2D eigenvalue weighted by Gasteiger charge is 2.27. The summed E-state index contributed by atoms with van der Waals surface area (Å²) in [6, 6.07) is 13.1. The second-order valence-corrected chi connectivity index (χ2v) is 8.73. The summed E-state index contributed by atoms with van der Waals surface area (Å²) in [5.41, 5.74) is 1.72. The van der Waals surface area contributed by atoms with Gasteiger partial charge in [-0.05, 0) is 18.6 Å². The molecule has 28 heavy (non-hydrogen) atoms. The minimum Gasteiger partial charge on any atom is -0.354 e. The normalized spacial score (nSPS) is 15.7. The quantitative estimate of drug-likeness (QED) is 0.649. The first-order chi connectivity index (χ1) is 13.5. The van der Waals surface area contributed by atoms with Gasteiger partial charge < -0.3 is 4.90 Å². The van der Waals surface area contributed by atoms with Gasteiger partial charge in [0.25, 0.3) is 0 Å². The lowest BCUT2D eigenvalue weighted by Gasteiger charge is -2.34. The number of sulfonamides is 1. The Hall–Kier alpha value is -2.78. The summed E-state index contributed by atoms with van der Waals surface area (Å²) in [5.74, 6) is 1.50. The molecule has 0 bridgehead atoms. The van der Waals surface area contributed by atoms with Crippen LogP contribution in [-0.4, -0.2) is 58.7 Å². The molecular weight excluding hydrogens is 376 g/mol. The lowest BCUT2D eigenvalue weighted by atomic mass is 10.2. The Morgan fingerprint density at radius 1 is 0.964 bits per heavy atom. The number of hydrogen-bond donors (Lipinski definition) is 0. The van der Waals surface area contributed by atoms with Crippen molar-refractivity contribution in [2.75, 3.05) is 31.1 Å². The van der Waals surface area contributed by atoms with E-state index in [0.29, 0.717) is 32.0 Å². The molecule has 8 nitrogen and oxygen atoms in total. The molecule has 0 atom stereocenters. The number of aromatic nitrogens is 4. The van der Waals surface area contributed by atoms with Gasteiger partial charge in [0, 0.05) is 38.4 Å². The second-order valence-electron chi connectivity index (χ2n) is 6.76. The van der Waals surface area contributed by atoms with E-state index in [1.54, 1.807) is 8.99 Å². The zero-order chi connectivity index (χ0) is 19.6. The van der Waals surface area contributed by atoms with Crippen molar-refractivity contribution in [3.8, 4) is 5.82 Å². The van der Waals surface area contributed by atoms with E-state index in [9.17, 15) is 8.42 Å². The standard InChI is InChI=1S/C19H22N6O2S/c1-16-7-8-25(22-16)19-13-18(20-15-21-19)23-9-11-24(12-10-23)28(26,27)14-17-5-3-2-4-6-17/h2-8,13,15H,9-12,14H2,1H3. The van der Waals surface area contributed by atoms with Crippen LogP contribution in [0.1, 0.15) is 11.3 Å². The highest BCUT2D eigenvalue weighted by atomic mass is 32.2. The molecule has 146 valence electrons. The Bertz CT molecular complexity index is 1040. The van der Waals surface area contributed by atoms with Gasteiger partial charge >= 0.3 is 0 Å². The van der Waals surface area contributed by atoms with Crippen molar-refractivity contribution in [3.63, 3.8) is 0 Å². The van der Waals surface area contributed by atoms with Crippen molar-refractivity contribution in [1.29, 1.82) is 0 Å². The van der Waals surface area contributed by atoms with Gasteiger partial charge in [0.15, 0.2) is 5.82 Å². The summed E-state index contributed by atoms with van der Waals surface area (Å²) in [7, 11) is -3.33. The Balaban J connectivity index is 1.43. The Morgan fingerprint density at radius 3 is 2.36 bits per heavy atom. The van der Waals surface area contributed by atoms with Crippen LogP contribution in [0.2, 0.25) is 0 Å². The number of nitrogens with zero attached hydrogens (tertiary/aromatic N) is 6. The van der Waals surface area contributed by atoms with Crippen molar-refractivity contribution in [3.05, 3.63) is 66.2 Å². The fourth-order valence-corrected chi connectivity index (χ4v) is 4.77. The van der Waals surface area contributed by atoms with Gasteiger partial charge in [-0.1, -0.05) is 30.3 Å². The highest BCUT2D eigenvalue weighted by Crippen LogP contribution is 2.19. The van der Waals surface area contributed by atoms with E-state index >= 15 is 0 Å². The van der Waals surface area contributed by atoms with Gasteiger partial charge in [-0.3, -0.25) is 0 Å². The van der Waals surface area contributed by atoms with Crippen LogP contribution < -0.4 is 4.90 Å². The van der Waals surface area contributed by atoms with E-state index < -0.39 is 10.0 Å². The smallest absolute Gasteiger partial charge is 0.218 e. The van der Waals surface area contributed by atoms with Crippen molar-refractivity contribution in [2.45, 2.75) is 12.7 Å². The minimum absolute atomic E-state index is 0.0319. The summed E-state index contributed by atoms with van der Waals surface area (Å²) in [5, 5.41) is 4.37. The van der Waals surface area contributed by atoms with E-state index in [-0.39, 0.29) is 5.75 Å². The zero-order valence-corrected chi connectivity index (χ0v) is 16.5. The molecule has 4 rings (SSSR count). The van der Waals surface area contributed by atoms with Gasteiger partial charge in [0.05, 0.1) is 11.4 Å². The predicted octanol–water partition coefficient (Wildman–Crippen LogP) is 1.62. The topological polar surface area (TPSA) is 84.2 Å². The maximum absolute atomic E-state index is 12.7. The third kappa shape index (κ3) is 4.05. The van der Waals surface area contributed by atoms with Gasteiger partial charge in [-0.25, -0.2) is 23.1 Å². The molecule has 0 radical (unpaired) electrons. The predicted molar refractivity (Wildman–Crippen MR) is 107 cm³/mol. The van der Waals surface area contributed by atoms with Crippen LogP contribution in [0, 0.1) is 6.92 Å². The molecule has 0 saturated carbocycles. The molecule has 1 aliphatic heterocycles. The number of aryl methyl sites for hydroxylation is 1. The van der Waals surface area contributed by atoms with Gasteiger partial charge in [0.2, 0.25) is 10.0 Å². The molecule has 0 aliphatic carbocycles. The number of rotatable bonds is 5. The van der Waals surface area contributed by atoms with Crippen molar-refractivity contribution < 1.29 is 8.42 Å². The molecule has 3 heterocycles. The molecule has 0 unspecified atom stereocenters. The van der Waals surface area contributed by atoms with Crippen LogP contribution in [-0.2, 0) is 15.8 Å². The minimum atomic E-state index is -3.33. The monoisotopic (exact) mass is 398 g/mol. The third-order valence-corrected chi connectivity index (χ3v) is 6.59. The van der Waals surface area contributed by atoms with E-state index in [1.165, 1.54) is 6.33 Å². The van der Waals surface area contributed by atoms with Crippen LogP contribution >= 0.6 is 0 Å². The van der Waals surface area contributed by atoms with Crippen LogP contribution in [0.3, 0.4) is 0 Å². The van der Waals surface area contributed by atoms with Gasteiger partial charge in [-0.15, -0.1) is 0 Å². The summed E-state index contributed by atoms with van der Waals surface area (Å²) in [6.07, 6.45) is 3.37. The molecule has 1 fully saturated rings. The Labute approximate surface area is 164 Å². The van der Waals surface area contributed by atoms with Crippen molar-refractivity contribution in [2.24, 2.45) is 0 Å². The first-order valence-corrected chi connectivity index (χ1v) is 10.7. The van der Waals surface area contributed by atoms with Gasteiger partial charge in [-0.2, -0.15) is 9.40 Å². The SMILES string of the molecule is Cc1ccn(-c2cc(N3CCN(S(=O)(=O)Cc4ccccc4)CC3)ncn2)n1. The van der Waals surface area contributed by atoms with E-state index in [2.05, 4.69) is 20.0 Å². The fourth-order valence-electron chi connectivity index (χ4n) is 3.25. The molecule has 1 aromatic carbocycles. The molecule has 2 aromatic heterocycles. The van der Waals surface area contributed by atoms with Crippen LogP contribution in [0.25, 0.3) is 5.82 Å². The van der Waals surface area contributed by atoms with Crippen molar-refractivity contribution >= 4 is 15.8 Å². The zero-order valence-electron chi connectivity index (χ0n) is 15.6. The van der Waals surface area contributed by atoms with Crippen LogP contribution in [0.5, 0.6) is 0 Å². The number of piperazine rings is 1. The van der Waals surface area contributed by atoms with Crippen LogP contribution in [0.15, 0.2) is 55.0 Å². The summed E-state index contributed by atoms with van der Waals surface area (Å²) in [6.45, 7) is 3.98. The Kier molecular flexibility index (Phi) is 5.10. The largest absolute Gasteiger partial charge is 0.354 e. The summed E-state index contributed by atoms with van der Waals surface area (Å²) < 4.78 is 28.7. The molecule has 3 aromatic rings. The first-order valence-electron chi connectivity index (χ1n) is 9.13. The van der Waals surface area contributed by atoms with Gasteiger partial charge in [0.1, 0.15) is 12.1 Å². The first kappa shape index (κ1) is 18.6. The molecule has 0 amide bonds. The van der Waals surface area contributed by atoms with Crippen molar-refractivity contribution in [1.82, 2.24) is 24.1 Å². The number of anilines is 1. The maximum Gasteiger partial charge on any atom is 0.218 e. The Morgan fingerprint density at radius 2 is 1.68 bits per heavy atom. The molecule has 1 saturated heterocycles. The second kappa shape index (κ2) is 7.69. The van der Waals surface area contributed by atoms with Crippen LogP contribution in [0.4, 0.5) is 5.82 Å². The average molecular weight is 398 g/mol. The average Bonchev–Trinajstić information content (AvgIpc) is 3.15. The van der Waals surface area contributed by atoms with E-state index in [4.69, 9.17) is 0 Å². The molecule has 9 heteroatoms. The van der Waals surface area contributed by atoms with E-state index in [0.717, 1.165) is 17.1 Å². The van der Waals surface area contributed by atoms with E-state index in [1.807, 2.05) is 55.6 Å². The third-order valence-electron chi connectivity index (χ3n) is 4.74. The molecular formula is C19H22N6O2S. The number of benzene rings is 1. The molecule has 0 spiro atoms. The molecule has 0 N–H and O–H groups in total.